The van der Waals surface area contributed by atoms with Gasteiger partial charge < -0.3 is 33.5 Å². The zero-order valence-corrected chi connectivity index (χ0v) is 49.8. The predicted octanol–water partition coefficient (Wildman–Crippen LogP) is 21.5. The van der Waals surface area contributed by atoms with E-state index in [0.717, 1.165) is 65.4 Å². The summed E-state index contributed by atoms with van der Waals surface area (Å²) in [7, 11) is 0. The summed E-state index contributed by atoms with van der Waals surface area (Å²) in [6.45, 7) is 12.5. The number of hydrogen-bond acceptors (Lipinski definition) is 7. The van der Waals surface area contributed by atoms with Gasteiger partial charge in [0.2, 0.25) is 0 Å². The topological polar surface area (TPSA) is 75.6 Å². The summed E-state index contributed by atoms with van der Waals surface area (Å²) in [4.78, 5) is 0. The van der Waals surface area contributed by atoms with E-state index in [0.29, 0.717) is 51.1 Å². The van der Waals surface area contributed by atoms with Gasteiger partial charge >= 0.3 is 0 Å². The van der Waals surface area contributed by atoms with Gasteiger partial charge in [-0.05, 0) is 78.8 Å². The minimum absolute atomic E-state index is 0.113. The van der Waals surface area contributed by atoms with E-state index in [2.05, 4.69) is 52.0 Å². The van der Waals surface area contributed by atoms with Gasteiger partial charge in [0, 0.05) is 6.07 Å². The first-order valence-corrected chi connectivity index (χ1v) is 32.4. The zero-order chi connectivity index (χ0) is 54.0. The van der Waals surface area contributed by atoms with Crippen molar-refractivity contribution in [3.8, 4) is 34.5 Å². The first kappa shape index (κ1) is 66.7. The Kier molecular flexibility index (Phi) is 42.6. The van der Waals surface area contributed by atoms with E-state index in [9.17, 15) is 5.11 Å². The van der Waals surface area contributed by atoms with Crippen LogP contribution in [-0.4, -0.2) is 31.5 Å². The van der Waals surface area contributed by atoms with Crippen LogP contribution >= 0.6 is 0 Å². The highest BCUT2D eigenvalue weighted by Gasteiger charge is 2.12. The molecule has 0 amide bonds. The van der Waals surface area contributed by atoms with Gasteiger partial charge in [-0.3, -0.25) is 0 Å². The van der Waals surface area contributed by atoms with Crippen LogP contribution in [-0.2, 0) is 19.8 Å². The van der Waals surface area contributed by atoms with Gasteiger partial charge in [-0.15, -0.1) is 0 Å². The monoisotopic (exact) mass is 1060 g/mol. The Labute approximate surface area is 468 Å². The van der Waals surface area contributed by atoms with Crippen LogP contribution < -0.4 is 28.4 Å². The maximum Gasteiger partial charge on any atom is 0.161 e. The second-order valence-corrected chi connectivity index (χ2v) is 22.2. The molecule has 0 unspecified atom stereocenters. The fourth-order valence-electron chi connectivity index (χ4n) is 10.1. The van der Waals surface area contributed by atoms with Gasteiger partial charge in [-0.2, -0.15) is 0 Å². The van der Waals surface area contributed by atoms with Gasteiger partial charge in [0.15, 0.2) is 23.0 Å². The van der Waals surface area contributed by atoms with Crippen LogP contribution in [0.2, 0.25) is 0 Å². The molecule has 0 radical (unpaired) electrons. The Bertz CT molecular complexity index is 1640. The number of aliphatic hydroxyl groups is 1. The number of ether oxygens (including phenoxy) is 6. The molecule has 0 aliphatic rings. The Hall–Kier alpha value is -3.58. The number of aliphatic hydroxyl groups excluding tert-OH is 1. The van der Waals surface area contributed by atoms with E-state index in [1.807, 2.05) is 30.3 Å². The number of unbranched alkanes of at least 4 members (excludes halogenated alkanes) is 36. The Morgan fingerprint density at radius 1 is 0.250 bits per heavy atom. The normalized spacial score (nSPS) is 11.3. The van der Waals surface area contributed by atoms with Crippen molar-refractivity contribution in [3.05, 3.63) is 71.3 Å². The van der Waals surface area contributed by atoms with E-state index < -0.39 is 0 Å². The first-order chi connectivity index (χ1) is 37.6. The van der Waals surface area contributed by atoms with Crippen LogP contribution in [0.25, 0.3) is 0 Å². The third-order valence-electron chi connectivity index (χ3n) is 15.0. The van der Waals surface area contributed by atoms with Crippen molar-refractivity contribution < 1.29 is 33.5 Å². The maximum absolute atomic E-state index is 10.3. The molecule has 0 heterocycles. The lowest BCUT2D eigenvalue weighted by Gasteiger charge is -2.16. The quantitative estimate of drug-likeness (QED) is 0.0565. The predicted molar refractivity (Wildman–Crippen MR) is 323 cm³/mol. The minimum atomic E-state index is -0.113. The molecule has 0 aliphatic carbocycles. The standard InChI is InChI=1S/C69H116O7/c1-5-9-13-17-21-25-29-33-37-41-49-71-66-47-45-61(55-68(66)73-51-43-39-35-31-27-23-19-15-11-7-3)59-75-64-53-63(58-70)54-65(57-64)76-60-62-46-48-67(72-50-42-38-34-30-26-22-18-14-10-6-2)69(56-62)74-52-44-40-36-32-28-24-20-16-12-8-4/h45-48,53-57,70H,5-44,49-52,58-60H2,1-4H3. The van der Waals surface area contributed by atoms with Crippen molar-refractivity contribution in [1.82, 2.24) is 0 Å². The number of benzene rings is 3. The second kappa shape index (κ2) is 48.5. The van der Waals surface area contributed by atoms with Crippen LogP contribution in [0.5, 0.6) is 34.5 Å². The highest BCUT2D eigenvalue weighted by Crippen LogP contribution is 2.33. The summed E-state index contributed by atoms with van der Waals surface area (Å²) in [6.07, 6.45) is 51.9. The van der Waals surface area contributed by atoms with Crippen molar-refractivity contribution >= 4 is 0 Å². The Morgan fingerprint density at radius 3 is 0.763 bits per heavy atom. The molecule has 7 heteroatoms. The van der Waals surface area contributed by atoms with Crippen molar-refractivity contribution in [1.29, 1.82) is 0 Å². The van der Waals surface area contributed by atoms with E-state index in [1.165, 1.54) is 231 Å². The lowest BCUT2D eigenvalue weighted by molar-refractivity contribution is 0.255. The SMILES string of the molecule is CCCCCCCCCCCCOc1ccc(COc2cc(CO)cc(OCc3ccc(OCCCCCCCCCCCC)c(OCCCCCCCCCCCC)c3)c2)cc1OCCCCCCCCCCCC. The molecule has 7 nitrogen and oxygen atoms in total. The molecular weight excluding hydrogens is 941 g/mol. The molecule has 0 bridgehead atoms. The summed E-state index contributed by atoms with van der Waals surface area (Å²) in [6, 6.07) is 18.1. The zero-order valence-electron chi connectivity index (χ0n) is 49.8. The summed E-state index contributed by atoms with van der Waals surface area (Å²) in [5.74, 6) is 4.49. The highest BCUT2D eigenvalue weighted by atomic mass is 16.5. The van der Waals surface area contributed by atoms with Crippen LogP contribution in [0, 0.1) is 0 Å². The van der Waals surface area contributed by atoms with E-state index in [1.54, 1.807) is 0 Å². The molecule has 3 aromatic carbocycles. The van der Waals surface area contributed by atoms with Crippen LogP contribution in [0.4, 0.5) is 0 Å². The van der Waals surface area contributed by atoms with Crippen molar-refractivity contribution in [2.75, 3.05) is 26.4 Å². The van der Waals surface area contributed by atoms with E-state index >= 15 is 0 Å². The summed E-state index contributed by atoms with van der Waals surface area (Å²) < 4.78 is 38.5. The van der Waals surface area contributed by atoms with Gasteiger partial charge in [-0.25, -0.2) is 0 Å². The van der Waals surface area contributed by atoms with E-state index in [-0.39, 0.29) is 6.61 Å². The van der Waals surface area contributed by atoms with Crippen molar-refractivity contribution in [3.63, 3.8) is 0 Å². The third-order valence-corrected chi connectivity index (χ3v) is 15.0. The fraction of sp³-hybridized carbons (Fsp3) is 0.739. The number of rotatable bonds is 55. The molecule has 0 aliphatic heterocycles. The van der Waals surface area contributed by atoms with Gasteiger partial charge in [0.1, 0.15) is 24.7 Å². The molecule has 0 spiro atoms. The molecule has 1 N–H and O–H groups in total. The highest BCUT2D eigenvalue weighted by molar-refractivity contribution is 5.45. The maximum atomic E-state index is 10.3. The average Bonchev–Trinajstić information content (AvgIpc) is 3.44. The molecule has 0 aromatic heterocycles. The van der Waals surface area contributed by atoms with Crippen LogP contribution in [0.3, 0.4) is 0 Å². The van der Waals surface area contributed by atoms with Gasteiger partial charge in [-0.1, -0.05) is 271 Å². The molecule has 3 aromatic rings. The summed E-state index contributed by atoms with van der Waals surface area (Å²) in [5.41, 5.74) is 2.74. The Balaban J connectivity index is 1.58. The van der Waals surface area contributed by atoms with Crippen LogP contribution in [0.15, 0.2) is 54.6 Å². The third kappa shape index (κ3) is 35.0. The minimum Gasteiger partial charge on any atom is -0.490 e. The van der Waals surface area contributed by atoms with Gasteiger partial charge in [0.05, 0.1) is 33.0 Å². The first-order valence-electron chi connectivity index (χ1n) is 32.4. The molecule has 0 fully saturated rings. The molecule has 76 heavy (non-hydrogen) atoms. The molecule has 0 saturated carbocycles. The second-order valence-electron chi connectivity index (χ2n) is 22.2. The molecular formula is C69H116O7. The largest absolute Gasteiger partial charge is 0.490 e. The Morgan fingerprint density at radius 2 is 0.500 bits per heavy atom. The van der Waals surface area contributed by atoms with E-state index in [4.69, 9.17) is 28.4 Å². The summed E-state index contributed by atoms with van der Waals surface area (Å²) in [5, 5.41) is 10.3. The van der Waals surface area contributed by atoms with Gasteiger partial charge in [0.25, 0.3) is 0 Å². The van der Waals surface area contributed by atoms with Crippen LogP contribution in [0.1, 0.15) is 301 Å². The number of hydrogen-bond donors (Lipinski definition) is 1. The lowest BCUT2D eigenvalue weighted by atomic mass is 10.1. The lowest BCUT2D eigenvalue weighted by Crippen LogP contribution is -2.05. The van der Waals surface area contributed by atoms with Crippen molar-refractivity contribution in [2.24, 2.45) is 0 Å². The van der Waals surface area contributed by atoms with Crippen molar-refractivity contribution in [2.45, 2.75) is 304 Å². The average molecular weight is 1060 g/mol. The molecule has 0 atom stereocenters. The fourth-order valence-corrected chi connectivity index (χ4v) is 10.1. The molecule has 434 valence electrons. The molecule has 0 saturated heterocycles. The smallest absolute Gasteiger partial charge is 0.161 e. The summed E-state index contributed by atoms with van der Waals surface area (Å²) >= 11 is 0. The molecule has 3 rings (SSSR count).